The summed E-state index contributed by atoms with van der Waals surface area (Å²) in [6, 6.07) is 1.75. The van der Waals surface area contributed by atoms with Crippen molar-refractivity contribution in [3.63, 3.8) is 0 Å². The fourth-order valence-corrected chi connectivity index (χ4v) is 2.11. The largest absolute Gasteiger partial charge is 0.493 e. The molecule has 5 nitrogen and oxygen atoms in total. The highest BCUT2D eigenvalue weighted by atomic mass is 16.5. The number of rotatable bonds is 5. The van der Waals surface area contributed by atoms with E-state index in [1.807, 2.05) is 13.8 Å². The second kappa shape index (κ2) is 5.30. The van der Waals surface area contributed by atoms with E-state index in [1.54, 1.807) is 23.9 Å². The highest BCUT2D eigenvalue weighted by molar-refractivity contribution is 6.10. The van der Waals surface area contributed by atoms with Crippen LogP contribution in [0.2, 0.25) is 0 Å². The molecule has 0 aliphatic heterocycles. The number of methoxy groups -OCH3 is 1. The second-order valence-corrected chi connectivity index (χ2v) is 4.44. The van der Waals surface area contributed by atoms with Crippen molar-refractivity contribution in [1.82, 2.24) is 9.78 Å². The molecule has 0 saturated heterocycles. The van der Waals surface area contributed by atoms with Crippen LogP contribution in [0.4, 0.5) is 0 Å². The van der Waals surface area contributed by atoms with Gasteiger partial charge in [-0.2, -0.15) is 5.10 Å². The first-order valence-corrected chi connectivity index (χ1v) is 6.30. The molecule has 0 unspecified atom stereocenters. The van der Waals surface area contributed by atoms with Gasteiger partial charge in [0.25, 0.3) is 0 Å². The summed E-state index contributed by atoms with van der Waals surface area (Å²) in [6.07, 6.45) is 2.47. The minimum atomic E-state index is -0.114. The van der Waals surface area contributed by atoms with Crippen molar-refractivity contribution in [2.75, 3.05) is 7.11 Å². The second-order valence-electron chi connectivity index (χ2n) is 4.44. The first kappa shape index (κ1) is 13.4. The number of ketones is 1. The predicted molar refractivity (Wildman–Crippen MR) is 70.7 cm³/mol. The third-order valence-corrected chi connectivity index (χ3v) is 2.96. The quantitative estimate of drug-likeness (QED) is 0.777. The number of hydrogen-bond donors (Lipinski definition) is 0. The van der Waals surface area contributed by atoms with E-state index in [4.69, 9.17) is 9.15 Å². The molecule has 5 heteroatoms. The van der Waals surface area contributed by atoms with Gasteiger partial charge in [-0.3, -0.25) is 9.48 Å². The van der Waals surface area contributed by atoms with E-state index >= 15 is 0 Å². The molecule has 0 spiro atoms. The molecule has 0 aliphatic rings. The van der Waals surface area contributed by atoms with E-state index in [0.29, 0.717) is 29.3 Å². The SMILES string of the molecule is CCCn1ncc(OC)c1C(=O)c1cc(C)oc1C. The number of aryl methyl sites for hydroxylation is 3. The number of carbonyl (C=O) groups is 1. The van der Waals surface area contributed by atoms with Crippen LogP contribution in [-0.2, 0) is 6.54 Å². The number of furan rings is 1. The van der Waals surface area contributed by atoms with Crippen LogP contribution in [0, 0.1) is 13.8 Å². The maximum absolute atomic E-state index is 12.6. The van der Waals surface area contributed by atoms with E-state index in [0.717, 1.165) is 12.2 Å². The molecule has 2 aromatic heterocycles. The van der Waals surface area contributed by atoms with Gasteiger partial charge in [0.1, 0.15) is 11.5 Å². The van der Waals surface area contributed by atoms with Gasteiger partial charge in [0.2, 0.25) is 5.78 Å². The molecule has 0 saturated carbocycles. The minimum Gasteiger partial charge on any atom is -0.493 e. The van der Waals surface area contributed by atoms with Gasteiger partial charge >= 0.3 is 0 Å². The highest BCUT2D eigenvalue weighted by Crippen LogP contribution is 2.24. The Kier molecular flexibility index (Phi) is 3.74. The molecule has 2 aromatic rings. The molecule has 0 bridgehead atoms. The number of nitrogens with zero attached hydrogens (tertiary/aromatic N) is 2. The Morgan fingerprint density at radius 1 is 1.47 bits per heavy atom. The molecule has 2 heterocycles. The topological polar surface area (TPSA) is 57.3 Å². The molecular weight excluding hydrogens is 244 g/mol. The first-order valence-electron chi connectivity index (χ1n) is 6.30. The molecular formula is C14H18N2O3. The molecule has 0 N–H and O–H groups in total. The van der Waals surface area contributed by atoms with Crippen molar-refractivity contribution < 1.29 is 13.9 Å². The summed E-state index contributed by atoms with van der Waals surface area (Å²) in [5.41, 5.74) is 1.04. The number of carbonyl (C=O) groups excluding carboxylic acids is 1. The molecule has 0 fully saturated rings. The zero-order chi connectivity index (χ0) is 14.0. The molecule has 2 rings (SSSR count). The summed E-state index contributed by atoms with van der Waals surface area (Å²) < 4.78 is 12.3. The average Bonchev–Trinajstić information content (AvgIpc) is 2.92. The Labute approximate surface area is 112 Å². The van der Waals surface area contributed by atoms with E-state index in [-0.39, 0.29) is 5.78 Å². The summed E-state index contributed by atoms with van der Waals surface area (Å²) >= 11 is 0. The smallest absolute Gasteiger partial charge is 0.218 e. The zero-order valence-electron chi connectivity index (χ0n) is 11.7. The molecule has 0 radical (unpaired) electrons. The van der Waals surface area contributed by atoms with Crippen LogP contribution < -0.4 is 4.74 Å². The number of aromatic nitrogens is 2. The van der Waals surface area contributed by atoms with E-state index in [2.05, 4.69) is 5.10 Å². The standard InChI is InChI=1S/C14H18N2O3/c1-5-6-16-13(12(18-4)8-15-16)14(17)11-7-9(2)19-10(11)3/h7-8H,5-6H2,1-4H3. The summed E-state index contributed by atoms with van der Waals surface area (Å²) in [5.74, 6) is 1.73. The van der Waals surface area contributed by atoms with E-state index in [1.165, 1.54) is 7.11 Å². The van der Waals surface area contributed by atoms with Gasteiger partial charge in [0.05, 0.1) is 18.9 Å². The first-order chi connectivity index (χ1) is 9.08. The van der Waals surface area contributed by atoms with Crippen LogP contribution in [0.5, 0.6) is 5.75 Å². The van der Waals surface area contributed by atoms with Crippen LogP contribution in [0.3, 0.4) is 0 Å². The van der Waals surface area contributed by atoms with Crippen LogP contribution in [0.1, 0.15) is 40.9 Å². The van der Waals surface area contributed by atoms with E-state index < -0.39 is 0 Å². The molecule has 0 amide bonds. The van der Waals surface area contributed by atoms with Crippen molar-refractivity contribution in [3.05, 3.63) is 35.0 Å². The van der Waals surface area contributed by atoms with Crippen molar-refractivity contribution in [2.45, 2.75) is 33.7 Å². The maximum atomic E-state index is 12.6. The molecule has 0 aliphatic carbocycles. The third-order valence-electron chi connectivity index (χ3n) is 2.96. The fraction of sp³-hybridized carbons (Fsp3) is 0.429. The average molecular weight is 262 g/mol. The number of ether oxygens (including phenoxy) is 1. The Bertz CT molecular complexity index is 596. The van der Waals surface area contributed by atoms with Crippen molar-refractivity contribution in [1.29, 1.82) is 0 Å². The Balaban J connectivity index is 2.48. The molecule has 0 aromatic carbocycles. The lowest BCUT2D eigenvalue weighted by Crippen LogP contribution is -2.12. The van der Waals surface area contributed by atoms with Gasteiger partial charge in [-0.1, -0.05) is 6.92 Å². The van der Waals surface area contributed by atoms with Gasteiger partial charge in [-0.15, -0.1) is 0 Å². The van der Waals surface area contributed by atoms with Gasteiger partial charge in [0.15, 0.2) is 11.4 Å². The lowest BCUT2D eigenvalue weighted by atomic mass is 10.1. The van der Waals surface area contributed by atoms with E-state index in [9.17, 15) is 4.79 Å². The number of hydrogen-bond acceptors (Lipinski definition) is 4. The van der Waals surface area contributed by atoms with Crippen molar-refractivity contribution in [3.8, 4) is 5.75 Å². The third kappa shape index (κ3) is 2.41. The summed E-state index contributed by atoms with van der Waals surface area (Å²) in [6.45, 7) is 6.33. The van der Waals surface area contributed by atoms with Crippen molar-refractivity contribution in [2.24, 2.45) is 0 Å². The van der Waals surface area contributed by atoms with Gasteiger partial charge in [0, 0.05) is 6.54 Å². The summed E-state index contributed by atoms with van der Waals surface area (Å²) in [4.78, 5) is 12.6. The summed E-state index contributed by atoms with van der Waals surface area (Å²) in [5, 5.41) is 4.20. The van der Waals surface area contributed by atoms with Crippen LogP contribution in [-0.4, -0.2) is 22.7 Å². The fourth-order valence-electron chi connectivity index (χ4n) is 2.11. The van der Waals surface area contributed by atoms with Crippen molar-refractivity contribution >= 4 is 5.78 Å². The monoisotopic (exact) mass is 262 g/mol. The Hall–Kier alpha value is -2.04. The molecule has 19 heavy (non-hydrogen) atoms. The van der Waals surface area contributed by atoms with Crippen LogP contribution in [0.15, 0.2) is 16.7 Å². The summed E-state index contributed by atoms with van der Waals surface area (Å²) in [7, 11) is 1.54. The van der Waals surface area contributed by atoms with Gasteiger partial charge < -0.3 is 9.15 Å². The van der Waals surface area contributed by atoms with Crippen LogP contribution >= 0.6 is 0 Å². The zero-order valence-corrected chi connectivity index (χ0v) is 11.7. The normalized spacial score (nSPS) is 10.7. The Morgan fingerprint density at radius 2 is 2.21 bits per heavy atom. The maximum Gasteiger partial charge on any atom is 0.218 e. The molecule has 102 valence electrons. The van der Waals surface area contributed by atoms with Gasteiger partial charge in [-0.25, -0.2) is 0 Å². The van der Waals surface area contributed by atoms with Gasteiger partial charge in [-0.05, 0) is 26.3 Å². The van der Waals surface area contributed by atoms with Crippen LogP contribution in [0.25, 0.3) is 0 Å². The lowest BCUT2D eigenvalue weighted by Gasteiger charge is -2.06. The highest BCUT2D eigenvalue weighted by Gasteiger charge is 2.23. The molecule has 0 atom stereocenters. The lowest BCUT2D eigenvalue weighted by molar-refractivity contribution is 0.102. The predicted octanol–water partition coefficient (Wildman–Crippen LogP) is 2.74. The minimum absolute atomic E-state index is 0.114. The Morgan fingerprint density at radius 3 is 2.74 bits per heavy atom.